The Labute approximate surface area is 147 Å². The fourth-order valence-electron chi connectivity index (χ4n) is 3.23. The van der Waals surface area contributed by atoms with E-state index in [0.29, 0.717) is 5.69 Å². The van der Waals surface area contributed by atoms with Gasteiger partial charge in [-0.05, 0) is 24.6 Å². The molecule has 0 amide bonds. The van der Waals surface area contributed by atoms with Gasteiger partial charge in [-0.15, -0.1) is 0 Å². The molecule has 0 spiro atoms. The summed E-state index contributed by atoms with van der Waals surface area (Å²) in [5.74, 6) is -0.128. The Hall–Kier alpha value is -2.71. The third-order valence-corrected chi connectivity index (χ3v) is 4.53. The van der Waals surface area contributed by atoms with Crippen molar-refractivity contribution >= 4 is 16.6 Å². The van der Waals surface area contributed by atoms with Gasteiger partial charge < -0.3 is 19.8 Å². The number of alkyl halides is 2. The number of H-pyrrole nitrogens is 1. The van der Waals surface area contributed by atoms with E-state index in [1.807, 2.05) is 6.07 Å². The number of aliphatic hydroxyl groups is 2. The van der Waals surface area contributed by atoms with Crippen LogP contribution in [0.15, 0.2) is 42.6 Å². The Bertz CT molecular complexity index is 958. The van der Waals surface area contributed by atoms with E-state index in [0.717, 1.165) is 16.5 Å². The van der Waals surface area contributed by atoms with Crippen LogP contribution >= 0.6 is 0 Å². The number of anilines is 1. The van der Waals surface area contributed by atoms with Gasteiger partial charge >= 0.3 is 6.11 Å². The molecule has 0 fully saturated rings. The summed E-state index contributed by atoms with van der Waals surface area (Å²) in [5.41, 5.74) is 2.03. The minimum absolute atomic E-state index is 0.0211. The summed E-state index contributed by atoms with van der Waals surface area (Å²) in [6.45, 7) is 1.49. The lowest BCUT2D eigenvalue weighted by Gasteiger charge is -2.40. The normalized spacial score (nSPS) is 19.9. The van der Waals surface area contributed by atoms with Crippen molar-refractivity contribution in [2.75, 3.05) is 4.90 Å². The van der Waals surface area contributed by atoms with Crippen molar-refractivity contribution in [2.45, 2.75) is 31.9 Å². The number of aliphatic hydroxyl groups excluding tert-OH is 2. The van der Waals surface area contributed by atoms with Gasteiger partial charge in [-0.3, -0.25) is 5.10 Å². The maximum atomic E-state index is 14.3. The molecule has 0 aliphatic carbocycles. The Kier molecular flexibility index (Phi) is 3.82. The van der Waals surface area contributed by atoms with Crippen LogP contribution in [0, 0.1) is 0 Å². The van der Waals surface area contributed by atoms with E-state index >= 15 is 0 Å². The number of para-hydroxylation sites is 1. The first kappa shape index (κ1) is 16.7. The average molecular weight is 361 g/mol. The molecule has 136 valence electrons. The maximum Gasteiger partial charge on any atom is 0.444 e. The van der Waals surface area contributed by atoms with Gasteiger partial charge in [-0.25, -0.2) is 0 Å². The fraction of sp³-hybridized carbons (Fsp3) is 0.278. The molecule has 3 aromatic rings. The number of aromatic nitrogens is 2. The molecule has 1 aliphatic heterocycles. The molecule has 4 rings (SSSR count). The van der Waals surface area contributed by atoms with Crippen molar-refractivity contribution in [3.8, 4) is 5.75 Å². The van der Waals surface area contributed by atoms with E-state index in [-0.39, 0.29) is 17.9 Å². The highest BCUT2D eigenvalue weighted by molar-refractivity contribution is 5.82. The first-order valence-electron chi connectivity index (χ1n) is 8.12. The zero-order valence-electron chi connectivity index (χ0n) is 13.9. The van der Waals surface area contributed by atoms with Gasteiger partial charge in [0, 0.05) is 17.5 Å². The van der Waals surface area contributed by atoms with Crippen LogP contribution in [-0.4, -0.2) is 32.7 Å². The maximum absolute atomic E-state index is 14.3. The summed E-state index contributed by atoms with van der Waals surface area (Å²) in [4.78, 5) is 1.17. The van der Waals surface area contributed by atoms with E-state index in [2.05, 4.69) is 10.2 Å². The monoisotopic (exact) mass is 361 g/mol. The Morgan fingerprint density at radius 3 is 2.85 bits per heavy atom. The molecule has 0 saturated heterocycles. The smallest absolute Gasteiger partial charge is 0.427 e. The molecule has 2 heterocycles. The van der Waals surface area contributed by atoms with E-state index in [9.17, 15) is 19.0 Å². The number of hydrogen-bond acceptors (Lipinski definition) is 5. The van der Waals surface area contributed by atoms with E-state index in [1.54, 1.807) is 30.5 Å². The summed E-state index contributed by atoms with van der Waals surface area (Å²) in [6, 6.07) is 10.1. The number of hydrogen-bond donors (Lipinski definition) is 3. The number of benzene rings is 2. The molecule has 0 saturated carbocycles. The predicted octanol–water partition coefficient (Wildman–Crippen LogP) is 2.93. The minimum atomic E-state index is -3.82. The molecular weight excluding hydrogens is 344 g/mol. The van der Waals surface area contributed by atoms with Crippen LogP contribution in [0.4, 0.5) is 14.5 Å². The molecule has 3 N–H and O–H groups in total. The molecule has 0 bridgehead atoms. The first-order valence-corrected chi connectivity index (χ1v) is 8.12. The Morgan fingerprint density at radius 2 is 2.08 bits per heavy atom. The number of nitrogens with zero attached hydrogens (tertiary/aromatic N) is 2. The third kappa shape index (κ3) is 2.58. The summed E-state index contributed by atoms with van der Waals surface area (Å²) in [7, 11) is 0. The largest absolute Gasteiger partial charge is 0.444 e. The lowest BCUT2D eigenvalue weighted by Crippen LogP contribution is -2.54. The first-order chi connectivity index (χ1) is 12.4. The van der Waals surface area contributed by atoms with Crippen LogP contribution in [0.3, 0.4) is 0 Å². The summed E-state index contributed by atoms with van der Waals surface area (Å²) in [6.07, 6.45) is -5.36. The highest BCUT2D eigenvalue weighted by Crippen LogP contribution is 2.45. The third-order valence-electron chi connectivity index (χ3n) is 4.53. The molecule has 8 heteroatoms. The van der Waals surface area contributed by atoms with Crippen LogP contribution in [-0.2, 0) is 6.54 Å². The summed E-state index contributed by atoms with van der Waals surface area (Å²) >= 11 is 0. The molecule has 1 aromatic heterocycles. The van der Waals surface area contributed by atoms with Crippen molar-refractivity contribution in [2.24, 2.45) is 0 Å². The van der Waals surface area contributed by atoms with E-state index < -0.39 is 18.4 Å². The van der Waals surface area contributed by atoms with Crippen LogP contribution in [0.5, 0.6) is 5.75 Å². The highest BCUT2D eigenvalue weighted by Gasteiger charge is 2.50. The van der Waals surface area contributed by atoms with Gasteiger partial charge in [0.05, 0.1) is 23.5 Å². The van der Waals surface area contributed by atoms with Crippen molar-refractivity contribution in [1.82, 2.24) is 10.2 Å². The number of halogens is 2. The number of aromatic amines is 1. The van der Waals surface area contributed by atoms with Gasteiger partial charge in [0.2, 0.25) is 6.23 Å². The lowest BCUT2D eigenvalue weighted by molar-refractivity contribution is -0.246. The Morgan fingerprint density at radius 1 is 1.31 bits per heavy atom. The van der Waals surface area contributed by atoms with Gasteiger partial charge in [0.15, 0.2) is 5.75 Å². The molecular formula is C18H17F2N3O3. The molecule has 2 atom stereocenters. The molecule has 26 heavy (non-hydrogen) atoms. The number of ether oxygens (including phenoxy) is 1. The molecule has 1 unspecified atom stereocenters. The van der Waals surface area contributed by atoms with Gasteiger partial charge in [0.25, 0.3) is 0 Å². The van der Waals surface area contributed by atoms with E-state index in [4.69, 9.17) is 4.74 Å². The topological polar surface area (TPSA) is 81.6 Å². The lowest BCUT2D eigenvalue weighted by atomic mass is 10.0. The summed E-state index contributed by atoms with van der Waals surface area (Å²) in [5, 5.41) is 27.7. The zero-order chi connectivity index (χ0) is 18.5. The fourth-order valence-corrected chi connectivity index (χ4v) is 3.23. The zero-order valence-corrected chi connectivity index (χ0v) is 13.9. The van der Waals surface area contributed by atoms with Crippen molar-refractivity contribution < 1.29 is 23.7 Å². The average Bonchev–Trinajstić information content (AvgIpc) is 3.07. The molecule has 6 nitrogen and oxygen atoms in total. The Balaban J connectivity index is 1.83. The van der Waals surface area contributed by atoms with Crippen molar-refractivity contribution in [1.29, 1.82) is 0 Å². The van der Waals surface area contributed by atoms with Crippen LogP contribution in [0.2, 0.25) is 0 Å². The molecule has 2 aromatic carbocycles. The second-order valence-corrected chi connectivity index (χ2v) is 6.29. The summed E-state index contributed by atoms with van der Waals surface area (Å²) < 4.78 is 33.4. The highest BCUT2D eigenvalue weighted by atomic mass is 19.3. The van der Waals surface area contributed by atoms with Gasteiger partial charge in [-0.2, -0.15) is 13.9 Å². The number of fused-ring (bicyclic) bond motifs is 2. The second-order valence-electron chi connectivity index (χ2n) is 6.29. The van der Waals surface area contributed by atoms with E-state index in [1.165, 1.54) is 17.9 Å². The molecule has 1 aliphatic rings. The van der Waals surface area contributed by atoms with Crippen LogP contribution < -0.4 is 9.64 Å². The number of nitrogens with one attached hydrogen (secondary N) is 1. The SMILES string of the molecule is C[C@H](O)c1cccc2c1OC(F)(F)C(O)N2Cc1cccc2[nH]ncc12. The van der Waals surface area contributed by atoms with Gasteiger partial charge in [0.1, 0.15) is 0 Å². The predicted molar refractivity (Wildman–Crippen MR) is 90.9 cm³/mol. The second kappa shape index (κ2) is 5.93. The van der Waals surface area contributed by atoms with Crippen LogP contribution in [0.1, 0.15) is 24.2 Å². The van der Waals surface area contributed by atoms with Crippen molar-refractivity contribution in [3.05, 3.63) is 53.7 Å². The van der Waals surface area contributed by atoms with Crippen LogP contribution in [0.25, 0.3) is 10.9 Å². The number of rotatable bonds is 3. The van der Waals surface area contributed by atoms with Gasteiger partial charge in [-0.1, -0.05) is 24.3 Å². The molecule has 0 radical (unpaired) electrons. The minimum Gasteiger partial charge on any atom is -0.427 e. The van der Waals surface area contributed by atoms with Crippen molar-refractivity contribution in [3.63, 3.8) is 0 Å². The quantitative estimate of drug-likeness (QED) is 0.668. The standard InChI is InChI=1S/C18H17F2N3O3/c1-10(24)12-5-3-7-15-16(12)26-18(19,20)17(25)23(15)9-11-4-2-6-14-13(11)8-21-22-14/h2-8,10,17,24-25H,9H2,1H3,(H,21,22)/t10-,17?/m0/s1.